The average Bonchev–Trinajstić information content (AvgIpc) is 2.09. The van der Waals surface area contributed by atoms with Crippen molar-refractivity contribution in [1.29, 1.82) is 0 Å². The van der Waals surface area contributed by atoms with Crippen LogP contribution in [0.15, 0.2) is 15.0 Å². The van der Waals surface area contributed by atoms with Crippen molar-refractivity contribution in [2.24, 2.45) is 5.73 Å². The molecule has 0 heterocycles. The summed E-state index contributed by atoms with van der Waals surface area (Å²) in [4.78, 5) is 0. The molecule has 0 aromatic heterocycles. The maximum atomic E-state index is 13.3. The van der Waals surface area contributed by atoms with Gasteiger partial charge in [0, 0.05) is 0 Å². The van der Waals surface area contributed by atoms with Crippen LogP contribution in [0.25, 0.3) is 0 Å². The minimum atomic E-state index is -0.465. The molecule has 2 nitrogen and oxygen atoms in total. The number of rotatable bonds is 1. The average molecular weight is 362 g/mol. The largest absolute Gasteiger partial charge is 0.376 e. The highest BCUT2D eigenvalue weighted by Crippen LogP contribution is 2.36. The molecule has 1 aromatic carbocycles. The predicted molar refractivity (Wildman–Crippen MR) is 67.2 cm³/mol. The molecule has 76 valence electrons. The lowest BCUT2D eigenvalue weighted by molar-refractivity contribution is 0.615. The lowest BCUT2D eigenvalue weighted by atomic mass is 10.3. The zero-order valence-corrected chi connectivity index (χ0v) is 11.3. The van der Waals surface area contributed by atoms with Crippen LogP contribution in [0.1, 0.15) is 0 Å². The molecule has 0 radical (unpaired) electrons. The minimum Gasteiger partial charge on any atom is -0.376 e. The van der Waals surface area contributed by atoms with E-state index in [4.69, 9.17) is 17.3 Å². The molecule has 0 aliphatic heterocycles. The first-order valence-electron chi connectivity index (χ1n) is 3.33. The summed E-state index contributed by atoms with van der Waals surface area (Å²) in [5, 5.41) is 2.92. The number of anilines is 1. The van der Waals surface area contributed by atoms with Crippen molar-refractivity contribution in [1.82, 2.24) is 0 Å². The van der Waals surface area contributed by atoms with E-state index in [2.05, 4.69) is 49.4 Å². The number of benzene rings is 1. The molecule has 0 fully saturated rings. The van der Waals surface area contributed by atoms with Gasteiger partial charge in [0.05, 0.1) is 19.7 Å². The first kappa shape index (κ1) is 12.2. The number of thiocarbonyl (C=S) groups is 1. The third-order valence-electron chi connectivity index (χ3n) is 1.36. The van der Waals surface area contributed by atoms with E-state index in [0.29, 0.717) is 10.7 Å². The maximum absolute atomic E-state index is 13.3. The first-order valence-corrected chi connectivity index (χ1v) is 5.70. The van der Waals surface area contributed by atoms with Crippen molar-refractivity contribution in [2.75, 3.05) is 5.32 Å². The highest BCUT2D eigenvalue weighted by Gasteiger charge is 2.14. The van der Waals surface area contributed by atoms with E-state index in [1.807, 2.05) is 0 Å². The number of hydrogen-bond acceptors (Lipinski definition) is 1. The Labute approximate surface area is 107 Å². The van der Waals surface area contributed by atoms with Crippen LogP contribution in [-0.2, 0) is 0 Å². The Balaban J connectivity index is 3.29. The quantitative estimate of drug-likeness (QED) is 0.455. The van der Waals surface area contributed by atoms with Gasteiger partial charge in [-0.25, -0.2) is 4.39 Å². The molecule has 0 unspecified atom stereocenters. The lowest BCUT2D eigenvalue weighted by Gasteiger charge is -2.10. The molecule has 14 heavy (non-hydrogen) atoms. The smallest absolute Gasteiger partial charge is 0.168 e. The molecular weight excluding hydrogens is 358 g/mol. The Hall–Kier alpha value is 0.0900. The van der Waals surface area contributed by atoms with Gasteiger partial charge >= 0.3 is 0 Å². The normalized spacial score (nSPS) is 10.0. The fraction of sp³-hybridized carbons (Fsp3) is 0. The number of halogens is 4. The molecule has 1 rings (SSSR count). The van der Waals surface area contributed by atoms with Crippen LogP contribution in [0.5, 0.6) is 0 Å². The lowest BCUT2D eigenvalue weighted by Crippen LogP contribution is -2.19. The van der Waals surface area contributed by atoms with Gasteiger partial charge in [-0.15, -0.1) is 0 Å². The molecule has 0 aliphatic carbocycles. The third kappa shape index (κ3) is 2.56. The standard InChI is InChI=1S/C7H4Br2ClFN2S/c8-2-1-3(10)6(13-7(12)14)4(9)5(2)11/h1H,(H3,12,13,14). The van der Waals surface area contributed by atoms with Gasteiger partial charge in [0.15, 0.2) is 10.9 Å². The monoisotopic (exact) mass is 360 g/mol. The Morgan fingerprint density at radius 2 is 2.14 bits per heavy atom. The summed E-state index contributed by atoms with van der Waals surface area (Å²) in [7, 11) is 0. The fourth-order valence-corrected chi connectivity index (χ4v) is 2.62. The second kappa shape index (κ2) is 4.74. The highest BCUT2D eigenvalue weighted by atomic mass is 79.9. The molecule has 0 bridgehead atoms. The summed E-state index contributed by atoms with van der Waals surface area (Å²) in [6.45, 7) is 0. The summed E-state index contributed by atoms with van der Waals surface area (Å²) < 4.78 is 13.8. The van der Waals surface area contributed by atoms with Crippen molar-refractivity contribution in [3.63, 3.8) is 0 Å². The summed E-state index contributed by atoms with van der Waals surface area (Å²) in [5.74, 6) is -0.465. The molecule has 1 aromatic rings. The first-order chi connectivity index (χ1) is 6.43. The van der Waals surface area contributed by atoms with Gasteiger partial charge < -0.3 is 11.1 Å². The number of nitrogens with two attached hydrogens (primary N) is 1. The van der Waals surface area contributed by atoms with Crippen LogP contribution in [-0.4, -0.2) is 5.11 Å². The predicted octanol–water partition coefficient (Wildman–Crippen LogP) is 3.66. The molecule has 0 amide bonds. The van der Waals surface area contributed by atoms with Gasteiger partial charge in [-0.3, -0.25) is 0 Å². The highest BCUT2D eigenvalue weighted by molar-refractivity contribution is 9.11. The van der Waals surface area contributed by atoms with Gasteiger partial charge in [-0.1, -0.05) is 11.6 Å². The topological polar surface area (TPSA) is 38.0 Å². The van der Waals surface area contributed by atoms with Gasteiger partial charge in [0.25, 0.3) is 0 Å². The van der Waals surface area contributed by atoms with E-state index in [0.717, 1.165) is 0 Å². The summed E-state index contributed by atoms with van der Waals surface area (Å²) >= 11 is 16.5. The van der Waals surface area contributed by atoms with Crippen LogP contribution in [0.4, 0.5) is 10.1 Å². The number of hydrogen-bond donors (Lipinski definition) is 2. The fourth-order valence-electron chi connectivity index (χ4n) is 0.804. The van der Waals surface area contributed by atoms with Gasteiger partial charge in [-0.05, 0) is 50.1 Å². The molecule has 0 atom stereocenters. The minimum absolute atomic E-state index is 0.0225. The molecule has 0 spiro atoms. The zero-order chi connectivity index (χ0) is 10.9. The molecule has 3 N–H and O–H groups in total. The van der Waals surface area contributed by atoms with Gasteiger partial charge in [0.2, 0.25) is 0 Å². The van der Waals surface area contributed by atoms with E-state index in [-0.39, 0.29) is 14.1 Å². The van der Waals surface area contributed by atoms with Crippen molar-refractivity contribution in [3.8, 4) is 0 Å². The van der Waals surface area contributed by atoms with Crippen LogP contribution in [0.3, 0.4) is 0 Å². The van der Waals surface area contributed by atoms with Gasteiger partial charge in [-0.2, -0.15) is 0 Å². The molecule has 0 saturated carbocycles. The van der Waals surface area contributed by atoms with E-state index in [9.17, 15) is 4.39 Å². The Bertz CT molecular complexity index is 400. The van der Waals surface area contributed by atoms with Crippen LogP contribution < -0.4 is 11.1 Å². The van der Waals surface area contributed by atoms with E-state index in [1.165, 1.54) is 6.07 Å². The third-order valence-corrected chi connectivity index (χ3v) is 3.08. The Kier molecular flexibility index (Phi) is 4.12. The molecule has 0 aliphatic rings. The van der Waals surface area contributed by atoms with Crippen molar-refractivity contribution in [3.05, 3.63) is 25.9 Å². The Morgan fingerprint density at radius 3 is 2.64 bits per heavy atom. The van der Waals surface area contributed by atoms with Crippen molar-refractivity contribution >= 4 is 66.5 Å². The summed E-state index contributed by atoms with van der Waals surface area (Å²) in [6, 6.07) is 1.42. The Morgan fingerprint density at radius 1 is 1.57 bits per heavy atom. The molecule has 0 saturated heterocycles. The van der Waals surface area contributed by atoms with Gasteiger partial charge in [0.1, 0.15) is 0 Å². The van der Waals surface area contributed by atoms with Crippen LogP contribution in [0.2, 0.25) is 5.02 Å². The zero-order valence-electron chi connectivity index (χ0n) is 6.57. The van der Waals surface area contributed by atoms with Crippen molar-refractivity contribution in [2.45, 2.75) is 0 Å². The van der Waals surface area contributed by atoms with Crippen LogP contribution >= 0.6 is 55.7 Å². The van der Waals surface area contributed by atoms with Crippen molar-refractivity contribution < 1.29 is 4.39 Å². The van der Waals surface area contributed by atoms with E-state index < -0.39 is 5.82 Å². The SMILES string of the molecule is NC(=S)Nc1c(Cl)cc(Br)c(F)c1Br. The molecular formula is C7H4Br2ClFN2S. The second-order valence-electron chi connectivity index (χ2n) is 2.33. The van der Waals surface area contributed by atoms with E-state index in [1.54, 1.807) is 0 Å². The summed E-state index contributed by atoms with van der Waals surface area (Å²) in [5.41, 5.74) is 5.58. The second-order valence-corrected chi connectivity index (χ2v) is 4.83. The van der Waals surface area contributed by atoms with E-state index >= 15 is 0 Å². The summed E-state index contributed by atoms with van der Waals surface area (Å²) in [6.07, 6.45) is 0. The maximum Gasteiger partial charge on any atom is 0.168 e. The number of nitrogens with one attached hydrogen (secondary N) is 1. The van der Waals surface area contributed by atoms with Crippen LogP contribution in [0, 0.1) is 5.82 Å². The molecule has 7 heteroatoms.